The number of rotatable bonds is 3. The first kappa shape index (κ1) is 15.8. The molecule has 0 bridgehead atoms. The molecule has 0 aromatic carbocycles. The molecular weight excluding hydrogens is 290 g/mol. The van der Waals surface area contributed by atoms with Crippen LogP contribution in [0.1, 0.15) is 42.1 Å². The molecule has 2 heterocycles. The SMILES string of the molecule is Cc1nc(N)sc1C(=O)N1CCCC(C(C)(C)C(=O)O)C1. The molecule has 116 valence electrons. The van der Waals surface area contributed by atoms with Crippen LogP contribution in [0.5, 0.6) is 0 Å². The Morgan fingerprint density at radius 3 is 2.67 bits per heavy atom. The van der Waals surface area contributed by atoms with Gasteiger partial charge >= 0.3 is 5.97 Å². The van der Waals surface area contributed by atoms with Gasteiger partial charge in [-0.05, 0) is 39.5 Å². The number of likely N-dealkylation sites (tertiary alicyclic amines) is 1. The molecule has 1 aliphatic rings. The van der Waals surface area contributed by atoms with Gasteiger partial charge in [-0.3, -0.25) is 9.59 Å². The molecule has 7 heteroatoms. The van der Waals surface area contributed by atoms with E-state index in [-0.39, 0.29) is 11.8 Å². The van der Waals surface area contributed by atoms with Gasteiger partial charge in [0, 0.05) is 13.1 Å². The van der Waals surface area contributed by atoms with E-state index >= 15 is 0 Å². The zero-order valence-electron chi connectivity index (χ0n) is 12.5. The number of carboxylic acid groups (broad SMARTS) is 1. The van der Waals surface area contributed by atoms with Gasteiger partial charge in [-0.25, -0.2) is 4.98 Å². The zero-order chi connectivity index (χ0) is 15.8. The molecular formula is C14H21N3O3S. The highest BCUT2D eigenvalue weighted by molar-refractivity contribution is 7.17. The number of carbonyl (C=O) groups excluding carboxylic acids is 1. The van der Waals surface area contributed by atoms with Crippen LogP contribution >= 0.6 is 11.3 Å². The minimum Gasteiger partial charge on any atom is -0.481 e. The Hall–Kier alpha value is -1.63. The molecule has 1 amide bonds. The lowest BCUT2D eigenvalue weighted by atomic mass is 9.74. The van der Waals surface area contributed by atoms with Crippen molar-refractivity contribution < 1.29 is 14.7 Å². The van der Waals surface area contributed by atoms with Gasteiger partial charge in [-0.15, -0.1) is 0 Å². The van der Waals surface area contributed by atoms with Crippen LogP contribution in [-0.4, -0.2) is 40.0 Å². The second-order valence-corrected chi connectivity index (χ2v) is 7.11. The highest BCUT2D eigenvalue weighted by Gasteiger charge is 2.40. The van der Waals surface area contributed by atoms with E-state index in [1.54, 1.807) is 25.7 Å². The predicted octanol–water partition coefficient (Wildman–Crippen LogP) is 2.00. The number of nitrogens with zero attached hydrogens (tertiary/aromatic N) is 2. The Labute approximate surface area is 128 Å². The molecule has 1 fully saturated rings. The molecule has 1 unspecified atom stereocenters. The minimum absolute atomic E-state index is 0.0433. The number of aromatic nitrogens is 1. The Morgan fingerprint density at radius 1 is 1.48 bits per heavy atom. The topological polar surface area (TPSA) is 96.5 Å². The lowest BCUT2D eigenvalue weighted by Crippen LogP contribution is -2.46. The number of hydrogen-bond acceptors (Lipinski definition) is 5. The maximum atomic E-state index is 12.6. The largest absolute Gasteiger partial charge is 0.481 e. The first-order chi connectivity index (χ1) is 9.73. The Kier molecular flexibility index (Phi) is 4.22. The molecule has 1 aromatic rings. The van der Waals surface area contributed by atoms with Crippen LogP contribution in [0.15, 0.2) is 0 Å². The van der Waals surface area contributed by atoms with E-state index in [4.69, 9.17) is 5.73 Å². The van der Waals surface area contributed by atoms with E-state index in [1.165, 1.54) is 11.3 Å². The Bertz CT molecular complexity index is 568. The van der Waals surface area contributed by atoms with Crippen LogP contribution < -0.4 is 5.73 Å². The molecule has 0 aliphatic carbocycles. The smallest absolute Gasteiger partial charge is 0.309 e. The summed E-state index contributed by atoms with van der Waals surface area (Å²) in [5.74, 6) is -0.953. The van der Waals surface area contributed by atoms with Crippen LogP contribution in [0, 0.1) is 18.3 Å². The Balaban J connectivity index is 2.16. The highest BCUT2D eigenvalue weighted by Crippen LogP contribution is 2.35. The van der Waals surface area contributed by atoms with Crippen LogP contribution in [0.3, 0.4) is 0 Å². The summed E-state index contributed by atoms with van der Waals surface area (Å²) < 4.78 is 0. The maximum absolute atomic E-state index is 12.6. The number of piperidine rings is 1. The van der Waals surface area contributed by atoms with Gasteiger partial charge in [0.25, 0.3) is 5.91 Å². The number of nitrogen functional groups attached to an aromatic ring is 1. The number of amides is 1. The minimum atomic E-state index is -0.833. The fourth-order valence-corrected chi connectivity index (χ4v) is 3.49. The fraction of sp³-hybridized carbons (Fsp3) is 0.643. The molecule has 1 atom stereocenters. The van der Waals surface area contributed by atoms with Crippen LogP contribution in [0.25, 0.3) is 0 Å². The van der Waals surface area contributed by atoms with Crippen molar-refractivity contribution >= 4 is 28.3 Å². The summed E-state index contributed by atoms with van der Waals surface area (Å²) in [6.07, 6.45) is 1.65. The number of aryl methyl sites for hydroxylation is 1. The number of aliphatic carboxylic acids is 1. The second-order valence-electron chi connectivity index (χ2n) is 6.08. The van der Waals surface area contributed by atoms with Crippen molar-refractivity contribution in [2.45, 2.75) is 33.6 Å². The summed E-state index contributed by atoms with van der Waals surface area (Å²) in [5.41, 5.74) is 5.45. The van der Waals surface area contributed by atoms with Crippen LogP contribution in [0.4, 0.5) is 5.13 Å². The van der Waals surface area contributed by atoms with Gasteiger partial charge in [-0.1, -0.05) is 11.3 Å². The van der Waals surface area contributed by atoms with Crippen molar-refractivity contribution in [3.8, 4) is 0 Å². The number of thiazole rings is 1. The molecule has 3 N–H and O–H groups in total. The number of nitrogens with two attached hydrogens (primary N) is 1. The second kappa shape index (κ2) is 5.63. The van der Waals surface area contributed by atoms with Gasteiger partial charge < -0.3 is 15.7 Å². The zero-order valence-corrected chi connectivity index (χ0v) is 13.4. The summed E-state index contributed by atoms with van der Waals surface area (Å²) in [7, 11) is 0. The van der Waals surface area contributed by atoms with Gasteiger partial charge in [0.2, 0.25) is 0 Å². The van der Waals surface area contributed by atoms with Crippen molar-refractivity contribution in [1.29, 1.82) is 0 Å². The van der Waals surface area contributed by atoms with E-state index in [1.807, 2.05) is 0 Å². The quantitative estimate of drug-likeness (QED) is 0.890. The molecule has 1 aromatic heterocycles. The summed E-state index contributed by atoms with van der Waals surface area (Å²) in [4.78, 5) is 30.3. The van der Waals surface area contributed by atoms with Gasteiger partial charge in [0.1, 0.15) is 4.88 Å². The van der Waals surface area contributed by atoms with Crippen LogP contribution in [0.2, 0.25) is 0 Å². The van der Waals surface area contributed by atoms with Crippen molar-refractivity contribution in [2.24, 2.45) is 11.3 Å². The summed E-state index contributed by atoms with van der Waals surface area (Å²) in [6, 6.07) is 0. The molecule has 2 rings (SSSR count). The first-order valence-corrected chi connectivity index (χ1v) is 7.80. The standard InChI is InChI=1S/C14H21N3O3S/c1-8-10(21-13(15)16-8)11(18)17-6-4-5-9(7-17)14(2,3)12(19)20/h9H,4-7H2,1-3H3,(H2,15,16)(H,19,20). The highest BCUT2D eigenvalue weighted by atomic mass is 32.1. The van der Waals surface area contributed by atoms with Crippen molar-refractivity contribution in [3.05, 3.63) is 10.6 Å². The molecule has 21 heavy (non-hydrogen) atoms. The lowest BCUT2D eigenvalue weighted by Gasteiger charge is -2.39. The van der Waals surface area contributed by atoms with E-state index in [0.717, 1.165) is 12.8 Å². The van der Waals surface area contributed by atoms with Gasteiger partial charge in [0.05, 0.1) is 11.1 Å². The van der Waals surface area contributed by atoms with E-state index in [2.05, 4.69) is 4.98 Å². The predicted molar refractivity (Wildman–Crippen MR) is 81.3 cm³/mol. The lowest BCUT2D eigenvalue weighted by molar-refractivity contribution is -0.151. The fourth-order valence-electron chi connectivity index (χ4n) is 2.68. The van der Waals surface area contributed by atoms with Crippen LogP contribution in [-0.2, 0) is 4.79 Å². The normalized spacial score (nSPS) is 19.6. The Morgan fingerprint density at radius 2 is 2.14 bits per heavy atom. The monoisotopic (exact) mass is 311 g/mol. The van der Waals surface area contributed by atoms with E-state index in [0.29, 0.717) is 28.8 Å². The van der Waals surface area contributed by atoms with E-state index in [9.17, 15) is 14.7 Å². The molecule has 0 spiro atoms. The first-order valence-electron chi connectivity index (χ1n) is 6.99. The molecule has 0 saturated carbocycles. The number of carboxylic acids is 1. The van der Waals surface area contributed by atoms with E-state index < -0.39 is 11.4 Å². The van der Waals surface area contributed by atoms with Gasteiger partial charge in [-0.2, -0.15) is 0 Å². The van der Waals surface area contributed by atoms with Crippen molar-refractivity contribution in [1.82, 2.24) is 9.88 Å². The van der Waals surface area contributed by atoms with Crippen molar-refractivity contribution in [3.63, 3.8) is 0 Å². The molecule has 1 saturated heterocycles. The number of anilines is 1. The maximum Gasteiger partial charge on any atom is 0.309 e. The summed E-state index contributed by atoms with van der Waals surface area (Å²) in [5, 5.41) is 9.74. The average Bonchev–Trinajstić information content (AvgIpc) is 2.76. The van der Waals surface area contributed by atoms with Crippen molar-refractivity contribution in [2.75, 3.05) is 18.8 Å². The van der Waals surface area contributed by atoms with Gasteiger partial charge in [0.15, 0.2) is 5.13 Å². The average molecular weight is 311 g/mol. The third-order valence-corrected chi connectivity index (χ3v) is 5.26. The molecule has 6 nitrogen and oxygen atoms in total. The third kappa shape index (κ3) is 3.02. The summed E-state index contributed by atoms with van der Waals surface area (Å²) >= 11 is 1.19. The number of carbonyl (C=O) groups is 2. The molecule has 1 aliphatic heterocycles. The number of hydrogen-bond donors (Lipinski definition) is 2. The summed E-state index contributed by atoms with van der Waals surface area (Å²) in [6.45, 7) is 6.34. The third-order valence-electron chi connectivity index (χ3n) is 4.29. The molecule has 0 radical (unpaired) electrons.